The maximum absolute atomic E-state index is 12.0. The third-order valence-electron chi connectivity index (χ3n) is 3.68. The van der Waals surface area contributed by atoms with Crippen LogP contribution in [0.2, 0.25) is 0 Å². The van der Waals surface area contributed by atoms with Crippen molar-refractivity contribution >= 4 is 5.91 Å². The summed E-state index contributed by atoms with van der Waals surface area (Å²) >= 11 is 0. The van der Waals surface area contributed by atoms with Crippen LogP contribution in [0, 0.1) is 5.92 Å². The number of nitrogens with one attached hydrogen (secondary N) is 1. The average Bonchev–Trinajstić information content (AvgIpc) is 2.76. The van der Waals surface area contributed by atoms with E-state index >= 15 is 0 Å². The highest BCUT2D eigenvalue weighted by Crippen LogP contribution is 2.24. The average molecular weight is 246 g/mol. The zero-order valence-corrected chi connectivity index (χ0v) is 10.9. The molecule has 3 N–H and O–H groups in total. The molecule has 1 aromatic carbocycles. The summed E-state index contributed by atoms with van der Waals surface area (Å²) in [6.45, 7) is 2.23. The van der Waals surface area contributed by atoms with Crippen LogP contribution >= 0.6 is 0 Å². The molecule has 0 heterocycles. The molecule has 2 rings (SSSR count). The largest absolute Gasteiger partial charge is 0.352 e. The Labute approximate surface area is 109 Å². The molecule has 3 atom stereocenters. The topological polar surface area (TPSA) is 55.1 Å². The second-order valence-corrected chi connectivity index (χ2v) is 5.42. The third-order valence-corrected chi connectivity index (χ3v) is 3.68. The molecule has 0 aliphatic heterocycles. The van der Waals surface area contributed by atoms with E-state index in [1.807, 2.05) is 30.3 Å². The first-order chi connectivity index (χ1) is 8.65. The van der Waals surface area contributed by atoms with Crippen LogP contribution in [0.5, 0.6) is 0 Å². The molecule has 2 unspecified atom stereocenters. The minimum absolute atomic E-state index is 0.0158. The van der Waals surface area contributed by atoms with E-state index in [9.17, 15) is 4.79 Å². The van der Waals surface area contributed by atoms with Crippen LogP contribution in [0.15, 0.2) is 30.3 Å². The van der Waals surface area contributed by atoms with Gasteiger partial charge in [-0.2, -0.15) is 0 Å². The van der Waals surface area contributed by atoms with Gasteiger partial charge in [0.15, 0.2) is 0 Å². The van der Waals surface area contributed by atoms with Crippen molar-refractivity contribution < 1.29 is 4.79 Å². The van der Waals surface area contributed by atoms with Gasteiger partial charge >= 0.3 is 0 Å². The Morgan fingerprint density at radius 3 is 2.72 bits per heavy atom. The Morgan fingerprint density at radius 2 is 2.11 bits per heavy atom. The lowest BCUT2D eigenvalue weighted by molar-refractivity contribution is -0.123. The zero-order valence-electron chi connectivity index (χ0n) is 10.9. The fraction of sp³-hybridized carbons (Fsp3) is 0.533. The lowest BCUT2D eigenvalue weighted by atomic mass is 10.1. The predicted octanol–water partition coefficient (Wildman–Crippen LogP) is 1.86. The highest BCUT2D eigenvalue weighted by molar-refractivity contribution is 5.82. The van der Waals surface area contributed by atoms with E-state index in [0.717, 1.165) is 24.3 Å². The third kappa shape index (κ3) is 3.57. The van der Waals surface area contributed by atoms with Crippen molar-refractivity contribution in [1.29, 1.82) is 0 Å². The molecule has 98 valence electrons. The van der Waals surface area contributed by atoms with Gasteiger partial charge < -0.3 is 11.1 Å². The molecule has 1 aromatic rings. The van der Waals surface area contributed by atoms with Crippen molar-refractivity contribution in [1.82, 2.24) is 5.32 Å². The molecular formula is C15H22N2O. The van der Waals surface area contributed by atoms with Gasteiger partial charge in [0.1, 0.15) is 0 Å². The van der Waals surface area contributed by atoms with Gasteiger partial charge in [-0.15, -0.1) is 0 Å². The molecule has 0 bridgehead atoms. The van der Waals surface area contributed by atoms with Gasteiger partial charge in [-0.05, 0) is 37.2 Å². The van der Waals surface area contributed by atoms with E-state index in [-0.39, 0.29) is 5.91 Å². The van der Waals surface area contributed by atoms with Crippen molar-refractivity contribution in [3.8, 4) is 0 Å². The van der Waals surface area contributed by atoms with E-state index in [4.69, 9.17) is 5.73 Å². The Hall–Kier alpha value is -1.35. The maximum atomic E-state index is 12.0. The number of carbonyl (C=O) groups excluding carboxylic acids is 1. The monoisotopic (exact) mass is 246 g/mol. The van der Waals surface area contributed by atoms with Crippen LogP contribution in [-0.2, 0) is 11.2 Å². The standard InChI is InChI=1S/C15H22N2O/c1-11-7-8-13(9-11)17-15(18)14(16)10-12-5-3-2-4-6-12/h2-6,11,13-14H,7-10,16H2,1H3,(H,17,18)/t11?,13?,14-/m1/s1. The SMILES string of the molecule is CC1CCC(NC(=O)[C@H](N)Cc2ccccc2)C1. The van der Waals surface area contributed by atoms with E-state index in [1.165, 1.54) is 6.42 Å². The lowest BCUT2D eigenvalue weighted by Crippen LogP contribution is -2.45. The van der Waals surface area contributed by atoms with E-state index < -0.39 is 6.04 Å². The fourth-order valence-electron chi connectivity index (χ4n) is 2.61. The van der Waals surface area contributed by atoms with Gasteiger partial charge in [0, 0.05) is 6.04 Å². The molecule has 3 heteroatoms. The first kappa shape index (κ1) is 13.1. The summed E-state index contributed by atoms with van der Waals surface area (Å²) in [6.07, 6.45) is 3.99. The molecule has 0 radical (unpaired) electrons. The Bertz CT molecular complexity index is 391. The number of hydrogen-bond acceptors (Lipinski definition) is 2. The Balaban J connectivity index is 1.82. The van der Waals surface area contributed by atoms with Crippen molar-refractivity contribution in [3.63, 3.8) is 0 Å². The van der Waals surface area contributed by atoms with E-state index in [0.29, 0.717) is 12.5 Å². The van der Waals surface area contributed by atoms with E-state index in [1.54, 1.807) is 0 Å². The summed E-state index contributed by atoms with van der Waals surface area (Å²) in [6, 6.07) is 9.81. The van der Waals surface area contributed by atoms with E-state index in [2.05, 4.69) is 12.2 Å². The molecule has 1 fully saturated rings. The van der Waals surface area contributed by atoms with Crippen LogP contribution in [-0.4, -0.2) is 18.0 Å². The lowest BCUT2D eigenvalue weighted by Gasteiger charge is -2.17. The molecule has 0 spiro atoms. The van der Waals surface area contributed by atoms with Gasteiger partial charge in [-0.3, -0.25) is 4.79 Å². The Morgan fingerprint density at radius 1 is 1.39 bits per heavy atom. The van der Waals surface area contributed by atoms with Crippen LogP contribution in [0.3, 0.4) is 0 Å². The number of hydrogen-bond donors (Lipinski definition) is 2. The minimum atomic E-state index is -0.441. The molecule has 1 aliphatic carbocycles. The number of amides is 1. The van der Waals surface area contributed by atoms with Crippen LogP contribution < -0.4 is 11.1 Å². The normalized spacial score (nSPS) is 24.8. The molecule has 1 saturated carbocycles. The smallest absolute Gasteiger partial charge is 0.237 e. The highest BCUT2D eigenvalue weighted by atomic mass is 16.2. The van der Waals surface area contributed by atoms with Gasteiger partial charge in [0.25, 0.3) is 0 Å². The summed E-state index contributed by atoms with van der Waals surface area (Å²) < 4.78 is 0. The summed E-state index contributed by atoms with van der Waals surface area (Å²) in [5, 5.41) is 3.07. The zero-order chi connectivity index (χ0) is 13.0. The summed E-state index contributed by atoms with van der Waals surface area (Å²) in [5.74, 6) is 0.707. The summed E-state index contributed by atoms with van der Waals surface area (Å²) in [5.41, 5.74) is 7.06. The summed E-state index contributed by atoms with van der Waals surface area (Å²) in [7, 11) is 0. The fourth-order valence-corrected chi connectivity index (χ4v) is 2.61. The molecule has 1 aliphatic rings. The second kappa shape index (κ2) is 6.01. The van der Waals surface area contributed by atoms with Gasteiger partial charge in [-0.25, -0.2) is 0 Å². The molecule has 0 saturated heterocycles. The molecule has 3 nitrogen and oxygen atoms in total. The van der Waals surface area contributed by atoms with Crippen LogP contribution in [0.1, 0.15) is 31.7 Å². The first-order valence-electron chi connectivity index (χ1n) is 6.75. The molecule has 0 aromatic heterocycles. The van der Waals surface area contributed by atoms with Crippen molar-refractivity contribution in [3.05, 3.63) is 35.9 Å². The van der Waals surface area contributed by atoms with Gasteiger partial charge in [-0.1, -0.05) is 37.3 Å². The van der Waals surface area contributed by atoms with Crippen molar-refractivity contribution in [2.24, 2.45) is 11.7 Å². The highest BCUT2D eigenvalue weighted by Gasteiger charge is 2.24. The van der Waals surface area contributed by atoms with Gasteiger partial charge in [0.2, 0.25) is 5.91 Å². The number of rotatable bonds is 4. The Kier molecular flexibility index (Phi) is 4.37. The van der Waals surface area contributed by atoms with Crippen LogP contribution in [0.25, 0.3) is 0 Å². The van der Waals surface area contributed by atoms with Crippen LogP contribution in [0.4, 0.5) is 0 Å². The van der Waals surface area contributed by atoms with Crippen molar-refractivity contribution in [2.75, 3.05) is 0 Å². The van der Waals surface area contributed by atoms with Gasteiger partial charge in [0.05, 0.1) is 6.04 Å². The summed E-state index contributed by atoms with van der Waals surface area (Å²) in [4.78, 5) is 12.0. The number of nitrogens with two attached hydrogens (primary N) is 1. The number of carbonyl (C=O) groups is 1. The van der Waals surface area contributed by atoms with Crippen molar-refractivity contribution in [2.45, 2.75) is 44.7 Å². The second-order valence-electron chi connectivity index (χ2n) is 5.42. The molecular weight excluding hydrogens is 224 g/mol. The first-order valence-corrected chi connectivity index (χ1v) is 6.75. The maximum Gasteiger partial charge on any atom is 0.237 e. The predicted molar refractivity (Wildman–Crippen MR) is 73.1 cm³/mol. The quantitative estimate of drug-likeness (QED) is 0.852. The number of benzene rings is 1. The molecule has 18 heavy (non-hydrogen) atoms. The molecule has 1 amide bonds. The minimum Gasteiger partial charge on any atom is -0.352 e.